The first kappa shape index (κ1) is 18.4. The number of piperazine rings is 1. The van der Waals surface area contributed by atoms with E-state index in [9.17, 15) is 4.79 Å². The number of carbonyl (C=O) groups excluding carboxylic acids is 1. The molecular weight excluding hydrogens is 264 g/mol. The summed E-state index contributed by atoms with van der Waals surface area (Å²) in [5.41, 5.74) is 5.89. The minimum Gasteiger partial charge on any atom is -0.354 e. The third-order valence-electron chi connectivity index (χ3n) is 4.17. The van der Waals surface area contributed by atoms with Crippen molar-refractivity contribution in [2.24, 2.45) is 17.6 Å². The van der Waals surface area contributed by atoms with E-state index in [1.807, 2.05) is 0 Å². The summed E-state index contributed by atoms with van der Waals surface area (Å²) >= 11 is 0. The van der Waals surface area contributed by atoms with Gasteiger partial charge in [-0.2, -0.15) is 0 Å². The molecule has 2 atom stereocenters. The Bertz CT molecular complexity index is 301. The highest BCUT2D eigenvalue weighted by Crippen LogP contribution is 2.06. The molecule has 21 heavy (non-hydrogen) atoms. The van der Waals surface area contributed by atoms with Crippen LogP contribution in [0.4, 0.5) is 0 Å². The van der Waals surface area contributed by atoms with Gasteiger partial charge < -0.3 is 20.9 Å². The summed E-state index contributed by atoms with van der Waals surface area (Å²) in [4.78, 5) is 16.9. The van der Waals surface area contributed by atoms with Gasteiger partial charge in [0.25, 0.3) is 0 Å². The highest BCUT2D eigenvalue weighted by Gasteiger charge is 2.19. The van der Waals surface area contributed by atoms with Gasteiger partial charge in [-0.25, -0.2) is 0 Å². The summed E-state index contributed by atoms with van der Waals surface area (Å²) in [5, 5.41) is 3.00. The van der Waals surface area contributed by atoms with Gasteiger partial charge >= 0.3 is 0 Å². The number of carbonyl (C=O) groups is 1. The average Bonchev–Trinajstić information content (AvgIpc) is 2.44. The summed E-state index contributed by atoms with van der Waals surface area (Å²) < 4.78 is 0. The maximum absolute atomic E-state index is 11.9. The number of rotatable bonds is 8. The number of hydrogen-bond acceptors (Lipinski definition) is 4. The molecule has 5 nitrogen and oxygen atoms in total. The zero-order chi connectivity index (χ0) is 15.8. The van der Waals surface area contributed by atoms with Crippen LogP contribution in [0.2, 0.25) is 0 Å². The van der Waals surface area contributed by atoms with Gasteiger partial charge in [0.1, 0.15) is 0 Å². The summed E-state index contributed by atoms with van der Waals surface area (Å²) in [7, 11) is 0. The van der Waals surface area contributed by atoms with Crippen molar-refractivity contribution in [1.82, 2.24) is 15.1 Å². The summed E-state index contributed by atoms with van der Waals surface area (Å²) in [6, 6.07) is -0.370. The number of amides is 1. The van der Waals surface area contributed by atoms with Crippen LogP contribution in [0, 0.1) is 11.8 Å². The maximum atomic E-state index is 11.9. The minimum absolute atomic E-state index is 0.00801. The summed E-state index contributed by atoms with van der Waals surface area (Å²) in [5.74, 6) is 0.915. The van der Waals surface area contributed by atoms with E-state index < -0.39 is 0 Å². The van der Waals surface area contributed by atoms with Crippen LogP contribution >= 0.6 is 0 Å². The topological polar surface area (TPSA) is 61.6 Å². The minimum atomic E-state index is -0.370. The van der Waals surface area contributed by atoms with Gasteiger partial charge in [0.15, 0.2) is 0 Å². The maximum Gasteiger partial charge on any atom is 0.236 e. The van der Waals surface area contributed by atoms with Crippen molar-refractivity contribution < 1.29 is 4.79 Å². The molecular formula is C16H34N4O. The van der Waals surface area contributed by atoms with Gasteiger partial charge in [-0.1, -0.05) is 27.7 Å². The fraction of sp³-hybridized carbons (Fsp3) is 0.938. The van der Waals surface area contributed by atoms with Crippen molar-refractivity contribution in [2.45, 2.75) is 40.2 Å². The molecule has 0 aromatic rings. The van der Waals surface area contributed by atoms with Crippen LogP contribution in [-0.4, -0.2) is 67.6 Å². The molecule has 1 heterocycles. The Labute approximate surface area is 130 Å². The lowest BCUT2D eigenvalue weighted by atomic mass is 10.0. The van der Waals surface area contributed by atoms with E-state index >= 15 is 0 Å². The zero-order valence-corrected chi connectivity index (χ0v) is 14.3. The van der Waals surface area contributed by atoms with E-state index in [2.05, 4.69) is 42.8 Å². The SMILES string of the molecule is CCN1CCN(CC(C)CNC(=O)[C@@H](N)CC(C)C)CC1. The largest absolute Gasteiger partial charge is 0.354 e. The van der Waals surface area contributed by atoms with Crippen LogP contribution in [0.3, 0.4) is 0 Å². The van der Waals surface area contributed by atoms with E-state index in [4.69, 9.17) is 5.73 Å². The Morgan fingerprint density at radius 1 is 1.14 bits per heavy atom. The molecule has 1 aliphatic heterocycles. The molecule has 5 heteroatoms. The highest BCUT2D eigenvalue weighted by atomic mass is 16.2. The molecule has 0 bridgehead atoms. The van der Waals surface area contributed by atoms with Crippen LogP contribution in [0.1, 0.15) is 34.1 Å². The van der Waals surface area contributed by atoms with Gasteiger partial charge in [-0.05, 0) is 24.8 Å². The van der Waals surface area contributed by atoms with Gasteiger partial charge in [0.2, 0.25) is 5.91 Å². The predicted molar refractivity (Wildman–Crippen MR) is 88.2 cm³/mol. The first-order chi connectivity index (χ1) is 9.92. The van der Waals surface area contributed by atoms with E-state index in [-0.39, 0.29) is 11.9 Å². The van der Waals surface area contributed by atoms with Crippen molar-refractivity contribution in [2.75, 3.05) is 45.8 Å². The van der Waals surface area contributed by atoms with Crippen molar-refractivity contribution in [3.05, 3.63) is 0 Å². The normalized spacial score (nSPS) is 20.5. The molecule has 0 aromatic carbocycles. The van der Waals surface area contributed by atoms with Crippen molar-refractivity contribution in [3.8, 4) is 0 Å². The van der Waals surface area contributed by atoms with E-state index in [0.717, 1.165) is 52.2 Å². The lowest BCUT2D eigenvalue weighted by Gasteiger charge is -2.35. The van der Waals surface area contributed by atoms with Crippen LogP contribution in [0.15, 0.2) is 0 Å². The zero-order valence-electron chi connectivity index (χ0n) is 14.3. The number of nitrogens with two attached hydrogens (primary N) is 1. The van der Waals surface area contributed by atoms with Crippen molar-refractivity contribution in [3.63, 3.8) is 0 Å². The van der Waals surface area contributed by atoms with E-state index in [1.54, 1.807) is 0 Å². The molecule has 1 unspecified atom stereocenters. The lowest BCUT2D eigenvalue weighted by Crippen LogP contribution is -2.49. The average molecular weight is 298 g/mol. The first-order valence-corrected chi connectivity index (χ1v) is 8.40. The molecule has 3 N–H and O–H groups in total. The summed E-state index contributed by atoms with van der Waals surface area (Å²) in [6.07, 6.45) is 0.749. The molecule has 0 saturated carbocycles. The second-order valence-corrected chi connectivity index (χ2v) is 6.82. The molecule has 1 rings (SSSR count). The molecule has 1 fully saturated rings. The third kappa shape index (κ3) is 7.25. The Kier molecular flexibility index (Phi) is 8.22. The quantitative estimate of drug-likeness (QED) is 0.694. The second kappa shape index (κ2) is 9.38. The monoisotopic (exact) mass is 298 g/mol. The van der Waals surface area contributed by atoms with Gasteiger partial charge in [0, 0.05) is 39.3 Å². The number of nitrogens with zero attached hydrogens (tertiary/aromatic N) is 2. The predicted octanol–water partition coefficient (Wildman–Crippen LogP) is 0.750. The standard InChI is InChI=1S/C16H34N4O/c1-5-19-6-8-20(9-7-19)12-14(4)11-18-16(21)15(17)10-13(2)3/h13-15H,5-12,17H2,1-4H3,(H,18,21)/t14?,15-/m0/s1. The van der Waals surface area contributed by atoms with Crippen LogP contribution < -0.4 is 11.1 Å². The van der Waals surface area contributed by atoms with E-state index in [1.165, 1.54) is 0 Å². The second-order valence-electron chi connectivity index (χ2n) is 6.82. The van der Waals surface area contributed by atoms with Gasteiger partial charge in [-0.15, -0.1) is 0 Å². The van der Waals surface area contributed by atoms with Gasteiger partial charge in [0.05, 0.1) is 6.04 Å². The fourth-order valence-corrected chi connectivity index (χ4v) is 2.81. The molecule has 1 aliphatic rings. The lowest BCUT2D eigenvalue weighted by molar-refractivity contribution is -0.122. The Hall–Kier alpha value is -0.650. The summed E-state index contributed by atoms with van der Waals surface area (Å²) in [6.45, 7) is 16.1. The van der Waals surface area contributed by atoms with Gasteiger partial charge in [-0.3, -0.25) is 4.79 Å². The van der Waals surface area contributed by atoms with E-state index in [0.29, 0.717) is 11.8 Å². The first-order valence-electron chi connectivity index (χ1n) is 8.40. The number of hydrogen-bond donors (Lipinski definition) is 2. The molecule has 0 aromatic heterocycles. The van der Waals surface area contributed by atoms with Crippen LogP contribution in [0.25, 0.3) is 0 Å². The van der Waals surface area contributed by atoms with Crippen LogP contribution in [-0.2, 0) is 4.79 Å². The molecule has 1 saturated heterocycles. The molecule has 0 radical (unpaired) electrons. The molecule has 124 valence electrons. The van der Waals surface area contributed by atoms with Crippen molar-refractivity contribution in [1.29, 1.82) is 0 Å². The Morgan fingerprint density at radius 3 is 2.24 bits per heavy atom. The van der Waals surface area contributed by atoms with Crippen molar-refractivity contribution >= 4 is 5.91 Å². The Balaban J connectivity index is 2.19. The fourth-order valence-electron chi connectivity index (χ4n) is 2.81. The highest BCUT2D eigenvalue weighted by molar-refractivity contribution is 5.81. The number of nitrogens with one attached hydrogen (secondary N) is 1. The van der Waals surface area contributed by atoms with Crippen LogP contribution in [0.5, 0.6) is 0 Å². The third-order valence-corrected chi connectivity index (χ3v) is 4.17. The molecule has 1 amide bonds. The Morgan fingerprint density at radius 2 is 1.71 bits per heavy atom. The number of likely N-dealkylation sites (N-methyl/N-ethyl adjacent to an activating group) is 1. The molecule has 0 spiro atoms. The smallest absolute Gasteiger partial charge is 0.236 e. The molecule has 0 aliphatic carbocycles.